The average molecular weight is 289 g/mol. The van der Waals surface area contributed by atoms with Gasteiger partial charge in [-0.2, -0.15) is 0 Å². The van der Waals surface area contributed by atoms with E-state index >= 15 is 0 Å². The average Bonchev–Trinajstić information content (AvgIpc) is 2.52. The molecule has 8 nitrogen and oxygen atoms in total. The van der Waals surface area contributed by atoms with Gasteiger partial charge in [-0.05, 0) is 6.07 Å². The van der Waals surface area contributed by atoms with E-state index in [4.69, 9.17) is 4.74 Å². The summed E-state index contributed by atoms with van der Waals surface area (Å²) in [6.07, 6.45) is 1.27. The van der Waals surface area contributed by atoms with Gasteiger partial charge >= 0.3 is 5.69 Å². The normalized spacial score (nSPS) is 10.0. The molecular formula is C13H15N5O3. The first kappa shape index (κ1) is 14.5. The summed E-state index contributed by atoms with van der Waals surface area (Å²) in [5.74, 6) is 1.03. The second-order valence-electron chi connectivity index (χ2n) is 4.09. The highest BCUT2D eigenvalue weighted by Gasteiger charge is 2.22. The summed E-state index contributed by atoms with van der Waals surface area (Å²) in [6, 6.07) is 7.42. The minimum absolute atomic E-state index is 0.158. The van der Waals surface area contributed by atoms with E-state index < -0.39 is 4.92 Å². The maximum atomic E-state index is 11.2. The summed E-state index contributed by atoms with van der Waals surface area (Å²) in [5, 5.41) is 16.8. The van der Waals surface area contributed by atoms with Crippen LogP contribution in [-0.4, -0.2) is 29.0 Å². The number of hydrogen-bond donors (Lipinski definition) is 2. The van der Waals surface area contributed by atoms with Gasteiger partial charge in [-0.25, -0.2) is 9.97 Å². The van der Waals surface area contributed by atoms with Gasteiger partial charge in [-0.3, -0.25) is 10.1 Å². The molecule has 1 aromatic heterocycles. The Morgan fingerprint density at radius 2 is 2.00 bits per heavy atom. The van der Waals surface area contributed by atoms with Crippen LogP contribution in [0.25, 0.3) is 0 Å². The van der Waals surface area contributed by atoms with Crippen molar-refractivity contribution in [3.05, 3.63) is 46.3 Å². The van der Waals surface area contributed by atoms with Gasteiger partial charge in [0.05, 0.1) is 12.0 Å². The number of hydrogen-bond acceptors (Lipinski definition) is 7. The summed E-state index contributed by atoms with van der Waals surface area (Å²) in [7, 11) is 3.14. The molecule has 0 aliphatic rings. The Morgan fingerprint density at radius 1 is 1.29 bits per heavy atom. The Kier molecular flexibility index (Phi) is 4.50. The number of ether oxygens (including phenoxy) is 1. The van der Waals surface area contributed by atoms with Gasteiger partial charge in [0, 0.05) is 19.2 Å². The van der Waals surface area contributed by atoms with Crippen LogP contribution in [0.4, 0.5) is 17.3 Å². The van der Waals surface area contributed by atoms with Crippen molar-refractivity contribution in [1.82, 2.24) is 9.97 Å². The summed E-state index contributed by atoms with van der Waals surface area (Å²) >= 11 is 0. The molecule has 21 heavy (non-hydrogen) atoms. The molecule has 8 heteroatoms. The Labute approximate surface area is 121 Å². The van der Waals surface area contributed by atoms with Crippen molar-refractivity contribution in [2.75, 3.05) is 24.8 Å². The molecule has 110 valence electrons. The summed E-state index contributed by atoms with van der Waals surface area (Å²) in [5.41, 5.74) is 0.689. The zero-order valence-corrected chi connectivity index (χ0v) is 11.7. The molecule has 2 rings (SSSR count). The zero-order valence-electron chi connectivity index (χ0n) is 11.7. The number of aromatic nitrogens is 2. The quantitative estimate of drug-likeness (QED) is 0.619. The molecule has 0 atom stereocenters. The van der Waals surface area contributed by atoms with Crippen LogP contribution in [0.3, 0.4) is 0 Å². The summed E-state index contributed by atoms with van der Waals surface area (Å²) in [4.78, 5) is 18.4. The first-order valence-electron chi connectivity index (χ1n) is 6.20. The first-order valence-corrected chi connectivity index (χ1v) is 6.20. The second-order valence-corrected chi connectivity index (χ2v) is 4.09. The van der Waals surface area contributed by atoms with E-state index in [1.54, 1.807) is 14.2 Å². The van der Waals surface area contributed by atoms with Crippen molar-refractivity contribution >= 4 is 17.3 Å². The summed E-state index contributed by atoms with van der Waals surface area (Å²) < 4.78 is 5.24. The molecule has 1 heterocycles. The number of nitro groups is 1. The molecule has 2 N–H and O–H groups in total. The highest BCUT2D eigenvalue weighted by atomic mass is 16.6. The molecule has 0 saturated heterocycles. The smallest absolute Gasteiger partial charge is 0.353 e. The maximum Gasteiger partial charge on any atom is 0.353 e. The predicted octanol–water partition coefficient (Wildman–Crippen LogP) is 2.05. The highest BCUT2D eigenvalue weighted by Crippen LogP contribution is 2.29. The number of nitrogens with zero attached hydrogens (tertiary/aromatic N) is 3. The fraction of sp³-hybridized carbons (Fsp3) is 0.231. The largest absolute Gasteiger partial charge is 0.496 e. The lowest BCUT2D eigenvalue weighted by atomic mass is 10.2. The van der Waals surface area contributed by atoms with Crippen LogP contribution < -0.4 is 15.4 Å². The number of methoxy groups -OCH3 is 1. The zero-order chi connectivity index (χ0) is 15.2. The fourth-order valence-electron chi connectivity index (χ4n) is 1.89. The molecule has 0 radical (unpaired) electrons. The SMILES string of the molecule is CNc1ncnc(NCc2ccccc2OC)c1[N+](=O)[O-]. The van der Waals surface area contributed by atoms with Gasteiger partial charge in [0.15, 0.2) is 0 Å². The molecule has 0 bridgehead atoms. The number of benzene rings is 1. The van der Waals surface area contributed by atoms with Crippen molar-refractivity contribution in [2.24, 2.45) is 0 Å². The molecule has 2 aromatic rings. The molecule has 0 aliphatic heterocycles. The van der Waals surface area contributed by atoms with E-state index in [1.807, 2.05) is 24.3 Å². The number of nitrogens with one attached hydrogen (secondary N) is 2. The van der Waals surface area contributed by atoms with Crippen LogP contribution in [0, 0.1) is 10.1 Å². The fourth-order valence-corrected chi connectivity index (χ4v) is 1.89. The lowest BCUT2D eigenvalue weighted by Gasteiger charge is -2.10. The van der Waals surface area contributed by atoms with E-state index in [-0.39, 0.29) is 17.3 Å². The topological polar surface area (TPSA) is 102 Å². The van der Waals surface area contributed by atoms with Crippen molar-refractivity contribution in [3.8, 4) is 5.75 Å². The van der Waals surface area contributed by atoms with Gasteiger partial charge in [0.1, 0.15) is 12.1 Å². The van der Waals surface area contributed by atoms with Crippen molar-refractivity contribution in [1.29, 1.82) is 0 Å². The molecule has 0 saturated carbocycles. The van der Waals surface area contributed by atoms with E-state index in [1.165, 1.54) is 6.33 Å². The lowest BCUT2D eigenvalue weighted by Crippen LogP contribution is -2.08. The van der Waals surface area contributed by atoms with Crippen LogP contribution in [0.5, 0.6) is 5.75 Å². The van der Waals surface area contributed by atoms with E-state index in [2.05, 4.69) is 20.6 Å². The molecule has 0 unspecified atom stereocenters. The molecule has 1 aromatic carbocycles. The Balaban J connectivity index is 2.26. The number of rotatable bonds is 6. The standard InChI is InChI=1S/C13H15N5O3/c1-14-12-11(18(19)20)13(17-8-16-12)15-7-9-5-3-4-6-10(9)21-2/h3-6,8H,7H2,1-2H3,(H2,14,15,16,17). The minimum atomic E-state index is -0.517. The van der Waals surface area contributed by atoms with Crippen LogP contribution in [0.1, 0.15) is 5.56 Å². The molecule has 0 fully saturated rings. The highest BCUT2D eigenvalue weighted by molar-refractivity contribution is 5.69. The van der Waals surface area contributed by atoms with Gasteiger partial charge in [0.25, 0.3) is 0 Å². The van der Waals surface area contributed by atoms with Crippen LogP contribution >= 0.6 is 0 Å². The Morgan fingerprint density at radius 3 is 2.67 bits per heavy atom. The third-order valence-corrected chi connectivity index (χ3v) is 2.88. The summed E-state index contributed by atoms with van der Waals surface area (Å²) in [6.45, 7) is 0.352. The van der Waals surface area contributed by atoms with Crippen LogP contribution in [0.2, 0.25) is 0 Å². The van der Waals surface area contributed by atoms with Crippen molar-refractivity contribution < 1.29 is 9.66 Å². The molecule has 0 amide bonds. The van der Waals surface area contributed by atoms with Gasteiger partial charge < -0.3 is 15.4 Å². The second kappa shape index (κ2) is 6.51. The first-order chi connectivity index (χ1) is 10.2. The third-order valence-electron chi connectivity index (χ3n) is 2.88. The van der Waals surface area contributed by atoms with Gasteiger partial charge in [-0.15, -0.1) is 0 Å². The lowest BCUT2D eigenvalue weighted by molar-refractivity contribution is -0.383. The molecular weight excluding hydrogens is 274 g/mol. The van der Waals surface area contributed by atoms with Crippen LogP contribution in [-0.2, 0) is 6.54 Å². The Hall–Kier alpha value is -2.90. The molecule has 0 spiro atoms. The minimum Gasteiger partial charge on any atom is -0.496 e. The monoisotopic (exact) mass is 289 g/mol. The molecule has 0 aliphatic carbocycles. The van der Waals surface area contributed by atoms with Crippen molar-refractivity contribution in [2.45, 2.75) is 6.54 Å². The van der Waals surface area contributed by atoms with Crippen LogP contribution in [0.15, 0.2) is 30.6 Å². The van der Waals surface area contributed by atoms with Crippen molar-refractivity contribution in [3.63, 3.8) is 0 Å². The Bertz CT molecular complexity index is 647. The number of anilines is 2. The van der Waals surface area contributed by atoms with E-state index in [9.17, 15) is 10.1 Å². The maximum absolute atomic E-state index is 11.2. The van der Waals surface area contributed by atoms with Gasteiger partial charge in [0.2, 0.25) is 11.6 Å². The van der Waals surface area contributed by atoms with E-state index in [0.717, 1.165) is 5.56 Å². The predicted molar refractivity (Wildman–Crippen MR) is 78.6 cm³/mol. The van der Waals surface area contributed by atoms with E-state index in [0.29, 0.717) is 12.3 Å². The van der Waals surface area contributed by atoms with Gasteiger partial charge in [-0.1, -0.05) is 18.2 Å². The third kappa shape index (κ3) is 3.16. The number of para-hydroxylation sites is 1.